The number of nitriles is 1. The van der Waals surface area contributed by atoms with Crippen LogP contribution in [0.1, 0.15) is 21.7 Å². The van der Waals surface area contributed by atoms with Gasteiger partial charge in [0.05, 0.1) is 18.1 Å². The number of rotatable bonds is 7. The molecule has 1 aliphatic heterocycles. The van der Waals surface area contributed by atoms with Crippen molar-refractivity contribution in [2.24, 2.45) is 0 Å². The molecule has 0 radical (unpaired) electrons. The Morgan fingerprint density at radius 2 is 2.07 bits per heavy atom. The van der Waals surface area contributed by atoms with Gasteiger partial charge in [0.15, 0.2) is 11.4 Å². The van der Waals surface area contributed by atoms with Crippen molar-refractivity contribution in [2.45, 2.75) is 12.5 Å². The van der Waals surface area contributed by atoms with Crippen LogP contribution in [0.3, 0.4) is 0 Å². The third kappa shape index (κ3) is 4.37. The van der Waals surface area contributed by atoms with E-state index in [2.05, 4.69) is 11.1 Å². The van der Waals surface area contributed by atoms with Crippen LogP contribution < -0.4 is 9.64 Å². The molecule has 1 aliphatic rings. The smallest absolute Gasteiger partial charge is 0.356 e. The lowest BCUT2D eigenvalue weighted by Crippen LogP contribution is -2.25. The van der Waals surface area contributed by atoms with Gasteiger partial charge in [0, 0.05) is 24.0 Å². The van der Waals surface area contributed by atoms with Crippen LogP contribution in [0.2, 0.25) is 0 Å². The van der Waals surface area contributed by atoms with Gasteiger partial charge in [-0.1, -0.05) is 0 Å². The number of carbonyl (C=O) groups is 2. The first kappa shape index (κ1) is 18.3. The number of benzene rings is 1. The number of aromatic amines is 1. The van der Waals surface area contributed by atoms with Gasteiger partial charge in [-0.15, -0.1) is 0 Å². The fourth-order valence-electron chi connectivity index (χ4n) is 2.78. The zero-order chi connectivity index (χ0) is 19.4. The number of carboxylic acids is 2. The fraction of sp³-hybridized carbons (Fsp3) is 0.278. The van der Waals surface area contributed by atoms with E-state index in [0.717, 1.165) is 5.69 Å². The number of nitrogens with one attached hydrogen (secondary N) is 1. The number of hydrogen-bond acceptors (Lipinski definition) is 6. The largest absolute Gasteiger partial charge is 0.488 e. The van der Waals surface area contributed by atoms with E-state index in [-0.39, 0.29) is 36.3 Å². The molecule has 0 aliphatic carbocycles. The van der Waals surface area contributed by atoms with Crippen molar-refractivity contribution in [1.29, 1.82) is 5.26 Å². The summed E-state index contributed by atoms with van der Waals surface area (Å²) in [6.45, 7) is 1.02. The third-order valence-corrected chi connectivity index (χ3v) is 4.07. The predicted molar refractivity (Wildman–Crippen MR) is 92.8 cm³/mol. The lowest BCUT2D eigenvalue weighted by molar-refractivity contribution is -0.136. The fourth-order valence-corrected chi connectivity index (χ4v) is 2.78. The van der Waals surface area contributed by atoms with Crippen LogP contribution in [-0.4, -0.2) is 53.1 Å². The van der Waals surface area contributed by atoms with E-state index >= 15 is 0 Å². The highest BCUT2D eigenvalue weighted by Crippen LogP contribution is 2.24. The number of ether oxygens (including phenoxy) is 2. The second kappa shape index (κ2) is 7.80. The van der Waals surface area contributed by atoms with Crippen molar-refractivity contribution in [2.75, 3.05) is 24.8 Å². The van der Waals surface area contributed by atoms with Crippen LogP contribution in [0, 0.1) is 11.3 Å². The van der Waals surface area contributed by atoms with Crippen molar-refractivity contribution >= 4 is 17.6 Å². The summed E-state index contributed by atoms with van der Waals surface area (Å²) in [5.74, 6) is -2.22. The maximum Gasteiger partial charge on any atom is 0.356 e. The molecule has 3 N–H and O–H groups in total. The third-order valence-electron chi connectivity index (χ3n) is 4.07. The molecular formula is C18H17N3O6. The predicted octanol–water partition coefficient (Wildman–Crippen LogP) is 1.45. The molecule has 2 heterocycles. The summed E-state index contributed by atoms with van der Waals surface area (Å²) in [4.78, 5) is 26.6. The molecule has 0 bridgehead atoms. The number of H-pyrrole nitrogens is 1. The Kier molecular flexibility index (Phi) is 5.28. The Balaban J connectivity index is 1.60. The SMILES string of the molecule is N#Cc1ccc(N2COC(COc3cc(CC(=O)O)[nH]c3C(=O)O)C2)cc1. The number of carboxylic acid groups (broad SMARTS) is 2. The molecule has 9 heteroatoms. The maximum absolute atomic E-state index is 11.3. The number of hydrogen-bond donors (Lipinski definition) is 3. The first-order chi connectivity index (χ1) is 13.0. The van der Waals surface area contributed by atoms with Gasteiger partial charge < -0.3 is 29.6 Å². The lowest BCUT2D eigenvalue weighted by atomic mass is 10.2. The van der Waals surface area contributed by atoms with Crippen LogP contribution in [0.15, 0.2) is 30.3 Å². The molecule has 1 saturated heterocycles. The standard InChI is InChI=1S/C18H17N3O6/c19-7-11-1-3-13(4-2-11)21-8-14(27-10-21)9-26-15-5-12(6-16(22)23)20-17(15)18(24)25/h1-5,14,20H,6,8-10H2,(H,22,23)(H,24,25). The highest BCUT2D eigenvalue weighted by atomic mass is 16.5. The molecule has 140 valence electrons. The molecule has 0 amide bonds. The van der Waals surface area contributed by atoms with Gasteiger partial charge >= 0.3 is 11.9 Å². The van der Waals surface area contributed by atoms with Gasteiger partial charge in [0.25, 0.3) is 0 Å². The second-order valence-electron chi connectivity index (χ2n) is 6.02. The summed E-state index contributed by atoms with van der Waals surface area (Å²) >= 11 is 0. The van der Waals surface area contributed by atoms with Gasteiger partial charge in [0.2, 0.25) is 0 Å². The van der Waals surface area contributed by atoms with E-state index in [1.54, 1.807) is 12.1 Å². The Hall–Kier alpha value is -3.51. The van der Waals surface area contributed by atoms with Crippen LogP contribution >= 0.6 is 0 Å². The van der Waals surface area contributed by atoms with Crippen LogP contribution in [-0.2, 0) is 16.0 Å². The van der Waals surface area contributed by atoms with Gasteiger partial charge in [-0.3, -0.25) is 4.79 Å². The lowest BCUT2D eigenvalue weighted by Gasteiger charge is -2.16. The number of nitrogens with zero attached hydrogens (tertiary/aromatic N) is 2. The van der Waals surface area contributed by atoms with E-state index in [0.29, 0.717) is 18.8 Å². The minimum atomic E-state index is -1.23. The van der Waals surface area contributed by atoms with E-state index in [1.807, 2.05) is 17.0 Å². The van der Waals surface area contributed by atoms with Gasteiger partial charge in [0.1, 0.15) is 19.4 Å². The normalized spacial score (nSPS) is 16.1. The molecule has 3 rings (SSSR count). The molecule has 0 spiro atoms. The Morgan fingerprint density at radius 1 is 1.33 bits per heavy atom. The van der Waals surface area contributed by atoms with Crippen molar-refractivity contribution in [3.63, 3.8) is 0 Å². The maximum atomic E-state index is 11.3. The molecule has 1 aromatic heterocycles. The molecule has 1 aromatic carbocycles. The molecule has 27 heavy (non-hydrogen) atoms. The summed E-state index contributed by atoms with van der Waals surface area (Å²) in [5, 5.41) is 26.9. The summed E-state index contributed by atoms with van der Waals surface area (Å²) in [6, 6.07) is 10.6. The summed E-state index contributed by atoms with van der Waals surface area (Å²) in [6.07, 6.45) is -0.601. The van der Waals surface area contributed by atoms with E-state index < -0.39 is 11.9 Å². The van der Waals surface area contributed by atoms with E-state index in [1.165, 1.54) is 6.07 Å². The summed E-state index contributed by atoms with van der Waals surface area (Å²) < 4.78 is 11.2. The molecular weight excluding hydrogens is 354 g/mol. The molecule has 0 saturated carbocycles. The van der Waals surface area contributed by atoms with Gasteiger partial charge in [-0.05, 0) is 24.3 Å². The second-order valence-corrected chi connectivity index (χ2v) is 6.02. The highest BCUT2D eigenvalue weighted by Gasteiger charge is 2.25. The highest BCUT2D eigenvalue weighted by molar-refractivity contribution is 5.89. The average molecular weight is 371 g/mol. The van der Waals surface area contributed by atoms with Crippen LogP contribution in [0.25, 0.3) is 0 Å². The minimum absolute atomic E-state index is 0.0826. The van der Waals surface area contributed by atoms with Crippen LogP contribution in [0.5, 0.6) is 5.75 Å². The summed E-state index contributed by atoms with van der Waals surface area (Å²) in [5.41, 5.74) is 1.55. The molecule has 1 fully saturated rings. The van der Waals surface area contributed by atoms with Gasteiger partial charge in [-0.2, -0.15) is 5.26 Å². The number of anilines is 1. The van der Waals surface area contributed by atoms with Crippen LogP contribution in [0.4, 0.5) is 5.69 Å². The number of aromatic nitrogens is 1. The van der Waals surface area contributed by atoms with Crippen molar-refractivity contribution in [1.82, 2.24) is 4.98 Å². The number of aliphatic carboxylic acids is 1. The minimum Gasteiger partial charge on any atom is -0.488 e. The van der Waals surface area contributed by atoms with E-state index in [9.17, 15) is 14.7 Å². The molecule has 2 aromatic rings. The topological polar surface area (TPSA) is 136 Å². The van der Waals surface area contributed by atoms with E-state index in [4.69, 9.17) is 19.8 Å². The Labute approximate surface area is 154 Å². The quantitative estimate of drug-likeness (QED) is 0.665. The zero-order valence-electron chi connectivity index (χ0n) is 14.2. The number of aromatic carboxylic acids is 1. The molecule has 9 nitrogen and oxygen atoms in total. The molecule has 1 atom stereocenters. The molecule has 1 unspecified atom stereocenters. The van der Waals surface area contributed by atoms with Crippen molar-refractivity contribution in [3.8, 4) is 11.8 Å². The Bertz CT molecular complexity index is 883. The Morgan fingerprint density at radius 3 is 2.70 bits per heavy atom. The van der Waals surface area contributed by atoms with Gasteiger partial charge in [-0.25, -0.2) is 4.79 Å². The first-order valence-corrected chi connectivity index (χ1v) is 8.12. The zero-order valence-corrected chi connectivity index (χ0v) is 14.2. The van der Waals surface area contributed by atoms with Crippen molar-refractivity contribution < 1.29 is 29.3 Å². The summed E-state index contributed by atoms with van der Waals surface area (Å²) in [7, 11) is 0. The monoisotopic (exact) mass is 371 g/mol. The average Bonchev–Trinajstić information content (AvgIpc) is 3.26. The van der Waals surface area contributed by atoms with Crippen molar-refractivity contribution in [3.05, 3.63) is 47.3 Å². The first-order valence-electron chi connectivity index (χ1n) is 8.12.